The summed E-state index contributed by atoms with van der Waals surface area (Å²) < 4.78 is 1.76. The van der Waals surface area contributed by atoms with Gasteiger partial charge in [-0.3, -0.25) is 39.1 Å². The van der Waals surface area contributed by atoms with E-state index in [4.69, 9.17) is 16.6 Å². The highest BCUT2D eigenvalue weighted by molar-refractivity contribution is 6.33. The maximum absolute atomic E-state index is 13.3. The van der Waals surface area contributed by atoms with E-state index >= 15 is 0 Å². The van der Waals surface area contributed by atoms with Crippen molar-refractivity contribution < 1.29 is 24.0 Å². The molecule has 16 heteroatoms. The third-order valence-electron chi connectivity index (χ3n) is 11.2. The number of unbranched alkanes of at least 4 members (excludes halogenated alkanes) is 1. The third kappa shape index (κ3) is 8.24. The molecule has 5 heterocycles. The Balaban J connectivity index is 0.808. The lowest BCUT2D eigenvalue weighted by Gasteiger charge is -2.35. The number of nitrogens with one attached hydrogen (secondary N) is 4. The fourth-order valence-corrected chi connectivity index (χ4v) is 8.32. The Morgan fingerprint density at radius 1 is 1.04 bits per heavy atom. The molecule has 1 saturated carbocycles. The second kappa shape index (κ2) is 16.9. The highest BCUT2D eigenvalue weighted by Crippen LogP contribution is 2.33. The summed E-state index contributed by atoms with van der Waals surface area (Å²) in [6.07, 6.45) is 9.41. The minimum Gasteiger partial charge on any atom is -0.384 e. The fraction of sp³-hybridized carbons (Fsp3) is 0.513. The van der Waals surface area contributed by atoms with Crippen molar-refractivity contribution in [3.05, 3.63) is 58.4 Å². The van der Waals surface area contributed by atoms with E-state index in [0.29, 0.717) is 42.5 Å². The van der Waals surface area contributed by atoms with Crippen molar-refractivity contribution in [3.8, 4) is 0 Å². The molecule has 15 nitrogen and oxygen atoms in total. The normalized spacial score (nSPS) is 22.1. The van der Waals surface area contributed by atoms with Crippen LogP contribution in [0.4, 0.5) is 11.5 Å². The number of nitrogens with zero attached hydrogens (tertiary/aromatic N) is 6. The zero-order valence-electron chi connectivity index (χ0n) is 31.4. The van der Waals surface area contributed by atoms with E-state index in [0.717, 1.165) is 80.1 Å². The molecule has 2 saturated heterocycles. The third-order valence-corrected chi connectivity index (χ3v) is 11.5. The number of anilines is 2. The van der Waals surface area contributed by atoms with Crippen LogP contribution in [-0.2, 0) is 14.4 Å². The van der Waals surface area contributed by atoms with E-state index in [1.165, 1.54) is 0 Å². The van der Waals surface area contributed by atoms with Crippen LogP contribution in [0, 0.1) is 0 Å². The minimum atomic E-state index is -0.992. The molecule has 55 heavy (non-hydrogen) atoms. The van der Waals surface area contributed by atoms with Gasteiger partial charge in [0.1, 0.15) is 16.9 Å². The molecule has 7 rings (SSSR count). The zero-order chi connectivity index (χ0) is 38.6. The molecule has 3 fully saturated rings. The number of imide groups is 2. The fourth-order valence-electron chi connectivity index (χ4n) is 8.15. The topological polar surface area (TPSA) is 173 Å². The number of carbonyl (C=O) groups excluding carboxylic acids is 5. The van der Waals surface area contributed by atoms with Crippen LogP contribution in [0.2, 0.25) is 5.02 Å². The number of amides is 5. The molecular formula is C39H49ClN10O5. The first-order valence-electron chi connectivity index (χ1n) is 19.4. The number of benzene rings is 1. The van der Waals surface area contributed by atoms with Gasteiger partial charge < -0.3 is 20.9 Å². The van der Waals surface area contributed by atoms with Crippen LogP contribution in [0.5, 0.6) is 0 Å². The summed E-state index contributed by atoms with van der Waals surface area (Å²) >= 11 is 6.42. The molecule has 0 bridgehead atoms. The predicted molar refractivity (Wildman–Crippen MR) is 209 cm³/mol. The Morgan fingerprint density at radius 2 is 1.84 bits per heavy atom. The van der Waals surface area contributed by atoms with Gasteiger partial charge in [0, 0.05) is 63.0 Å². The maximum atomic E-state index is 13.3. The lowest BCUT2D eigenvalue weighted by atomic mass is 10.0. The zero-order valence-corrected chi connectivity index (χ0v) is 32.2. The van der Waals surface area contributed by atoms with Crippen LogP contribution in [0.3, 0.4) is 0 Å². The van der Waals surface area contributed by atoms with Gasteiger partial charge in [-0.1, -0.05) is 30.7 Å². The molecule has 1 aliphatic carbocycles. The van der Waals surface area contributed by atoms with Gasteiger partial charge in [-0.2, -0.15) is 9.61 Å². The van der Waals surface area contributed by atoms with E-state index in [1.54, 1.807) is 28.9 Å². The minimum absolute atomic E-state index is 0.0806. The average Bonchev–Trinajstić information content (AvgIpc) is 3.87. The lowest BCUT2D eigenvalue weighted by molar-refractivity contribution is -0.136. The first kappa shape index (κ1) is 38.4. The molecule has 3 aromatic rings. The van der Waals surface area contributed by atoms with E-state index < -0.39 is 29.7 Å². The van der Waals surface area contributed by atoms with Gasteiger partial charge >= 0.3 is 0 Å². The summed E-state index contributed by atoms with van der Waals surface area (Å²) in [4.78, 5) is 73.7. The summed E-state index contributed by atoms with van der Waals surface area (Å²) in [5, 5.41) is 17.7. The summed E-state index contributed by atoms with van der Waals surface area (Å²) in [7, 11) is 0. The lowest BCUT2D eigenvalue weighted by Crippen LogP contribution is -2.54. The van der Waals surface area contributed by atoms with Crippen molar-refractivity contribution in [1.29, 1.82) is 0 Å². The van der Waals surface area contributed by atoms with E-state index in [2.05, 4.69) is 44.3 Å². The Labute approximate surface area is 325 Å². The Kier molecular flexibility index (Phi) is 11.8. The van der Waals surface area contributed by atoms with E-state index in [-0.39, 0.29) is 42.0 Å². The highest BCUT2D eigenvalue weighted by Gasteiger charge is 2.45. The summed E-state index contributed by atoms with van der Waals surface area (Å²) in [6, 6.07) is 6.62. The first-order chi connectivity index (χ1) is 26.6. The number of aromatic nitrogens is 3. The number of piperazine rings is 1. The number of halogens is 1. The molecule has 1 aromatic carbocycles. The quantitative estimate of drug-likeness (QED) is 0.140. The number of hydrogen-bond donors (Lipinski definition) is 4. The highest BCUT2D eigenvalue weighted by atomic mass is 35.5. The molecule has 4 aliphatic rings. The molecule has 292 valence electrons. The maximum Gasteiger partial charge on any atom is 0.264 e. The number of piperidine rings is 1. The molecular weight excluding hydrogens is 724 g/mol. The smallest absolute Gasteiger partial charge is 0.264 e. The standard InChI is InChI=1S/C39H49ClN10O5/c1-3-24(4-2)30-21-32(50-36(45-30)28(40)22-43-50)44-26-11-10-25(20-26)42-23-34(52)48-18-16-47(17-19-48)15-6-5-14-41-29-9-7-8-27-35(29)39(55)49(38(27)54)31-12-13-33(51)46-37(31)53/h3,7-9,21-22,25-26,31,41-42,44H,4-6,10-20,23H2,1-2H3,(H,46,51,53)/b24-3+/t25-,26-,31?/m0/s1. The van der Waals surface area contributed by atoms with Gasteiger partial charge in [-0.15, -0.1) is 0 Å². The van der Waals surface area contributed by atoms with Gasteiger partial charge in [0.2, 0.25) is 17.7 Å². The number of rotatable bonds is 14. The number of allylic oxidation sites excluding steroid dienone is 2. The second-order valence-corrected chi connectivity index (χ2v) is 15.1. The molecule has 3 aliphatic heterocycles. The van der Waals surface area contributed by atoms with Crippen LogP contribution >= 0.6 is 11.6 Å². The van der Waals surface area contributed by atoms with Crippen molar-refractivity contribution in [3.63, 3.8) is 0 Å². The molecule has 5 amide bonds. The SMILES string of the molecule is C/C=C(\CC)c1cc(N[C@H]2CC[C@H](NCC(=O)N3CCN(CCCCNc4cccc5c4C(=O)N(C4CCC(=O)NC4=O)C5=O)CC3)C2)n2ncc(Cl)c2n1. The molecule has 0 radical (unpaired) electrons. The van der Waals surface area contributed by atoms with Crippen LogP contribution in [0.1, 0.15) is 91.6 Å². The summed E-state index contributed by atoms with van der Waals surface area (Å²) in [5.41, 5.74) is 3.78. The van der Waals surface area contributed by atoms with Crippen molar-refractivity contribution in [1.82, 2.24) is 39.9 Å². The molecule has 4 N–H and O–H groups in total. The number of fused-ring (bicyclic) bond motifs is 2. The van der Waals surface area contributed by atoms with Crippen LogP contribution in [0.15, 0.2) is 36.5 Å². The largest absolute Gasteiger partial charge is 0.384 e. The Morgan fingerprint density at radius 3 is 2.60 bits per heavy atom. The van der Waals surface area contributed by atoms with E-state index in [1.807, 2.05) is 17.9 Å². The van der Waals surface area contributed by atoms with Gasteiger partial charge in [-0.25, -0.2) is 4.98 Å². The van der Waals surface area contributed by atoms with Gasteiger partial charge in [0.15, 0.2) is 5.65 Å². The van der Waals surface area contributed by atoms with Crippen molar-refractivity contribution in [2.24, 2.45) is 0 Å². The number of carbonyl (C=O) groups is 5. The molecule has 2 aromatic heterocycles. The monoisotopic (exact) mass is 772 g/mol. The van der Waals surface area contributed by atoms with Crippen LogP contribution in [-0.4, -0.2) is 123 Å². The molecule has 3 atom stereocenters. The van der Waals surface area contributed by atoms with Crippen molar-refractivity contribution in [2.45, 2.75) is 83.3 Å². The Bertz CT molecular complexity index is 2010. The molecule has 0 spiro atoms. The average molecular weight is 773 g/mol. The second-order valence-electron chi connectivity index (χ2n) is 14.7. The Hall–Kier alpha value is -4.86. The van der Waals surface area contributed by atoms with Gasteiger partial charge in [0.25, 0.3) is 11.8 Å². The van der Waals surface area contributed by atoms with Crippen LogP contribution < -0.4 is 21.3 Å². The summed E-state index contributed by atoms with van der Waals surface area (Å²) in [6.45, 7) is 9.00. The van der Waals surface area contributed by atoms with Crippen molar-refractivity contribution >= 4 is 63.9 Å². The predicted octanol–water partition coefficient (Wildman–Crippen LogP) is 3.56. The van der Waals surface area contributed by atoms with Crippen molar-refractivity contribution in [2.75, 3.05) is 56.4 Å². The van der Waals surface area contributed by atoms with E-state index in [9.17, 15) is 24.0 Å². The van der Waals surface area contributed by atoms with Gasteiger partial charge in [0.05, 0.1) is 29.6 Å². The number of hydrogen-bond acceptors (Lipinski definition) is 11. The summed E-state index contributed by atoms with van der Waals surface area (Å²) in [5.74, 6) is -1.06. The van der Waals surface area contributed by atoms with Crippen LogP contribution in [0.25, 0.3) is 11.2 Å². The first-order valence-corrected chi connectivity index (χ1v) is 19.8. The van der Waals surface area contributed by atoms with Gasteiger partial charge in [-0.05, 0) is 76.1 Å². The molecule has 1 unspecified atom stereocenters.